The smallest absolute Gasteiger partial charge is 0.475 e. The van der Waals surface area contributed by atoms with Crippen LogP contribution in [-0.4, -0.2) is 59.9 Å². The molecule has 1 saturated carbocycles. The molecule has 1 heterocycles. The Morgan fingerprint density at radius 1 is 1.14 bits per heavy atom. The molecule has 9 heteroatoms. The van der Waals surface area contributed by atoms with Crippen molar-refractivity contribution in [2.24, 2.45) is 0 Å². The lowest BCUT2D eigenvalue weighted by Gasteiger charge is -2.35. The summed E-state index contributed by atoms with van der Waals surface area (Å²) >= 11 is 0. The lowest BCUT2D eigenvalue weighted by molar-refractivity contribution is -0.192. The fraction of sp³-hybridized carbons (Fsp3) is 0.600. The van der Waals surface area contributed by atoms with Crippen LogP contribution in [0.5, 0.6) is 0 Å². The second kappa shape index (κ2) is 10.5. The summed E-state index contributed by atoms with van der Waals surface area (Å²) in [4.78, 5) is 23.2. The van der Waals surface area contributed by atoms with Gasteiger partial charge in [-0.2, -0.15) is 13.2 Å². The minimum absolute atomic E-state index is 0.122. The zero-order chi connectivity index (χ0) is 21.4. The number of aliphatic carboxylic acids is 1. The number of carbonyl (C=O) groups is 2. The van der Waals surface area contributed by atoms with Gasteiger partial charge in [-0.15, -0.1) is 0 Å². The van der Waals surface area contributed by atoms with Crippen LogP contribution in [-0.2, 0) is 4.79 Å². The highest BCUT2D eigenvalue weighted by Crippen LogP contribution is 2.32. The molecule has 162 valence electrons. The number of urea groups is 1. The Morgan fingerprint density at radius 2 is 1.72 bits per heavy atom. The molecule has 0 spiro atoms. The molecule has 0 aromatic heterocycles. The van der Waals surface area contributed by atoms with E-state index in [2.05, 4.69) is 47.9 Å². The second-order valence-corrected chi connectivity index (χ2v) is 7.51. The lowest BCUT2D eigenvalue weighted by atomic mass is 9.82. The Morgan fingerprint density at radius 3 is 2.24 bits per heavy atom. The average Bonchev–Trinajstić information content (AvgIpc) is 2.69. The summed E-state index contributed by atoms with van der Waals surface area (Å²) in [5, 5.41) is 13.7. The molecular weight excluding hydrogens is 387 g/mol. The van der Waals surface area contributed by atoms with Crippen LogP contribution in [0.1, 0.15) is 44.1 Å². The summed E-state index contributed by atoms with van der Waals surface area (Å²) in [6.45, 7) is 4.65. The van der Waals surface area contributed by atoms with Crippen LogP contribution >= 0.6 is 0 Å². The van der Waals surface area contributed by atoms with E-state index in [0.717, 1.165) is 32.5 Å². The molecule has 2 aliphatic rings. The van der Waals surface area contributed by atoms with E-state index in [1.165, 1.54) is 18.4 Å². The van der Waals surface area contributed by atoms with Crippen molar-refractivity contribution in [2.45, 2.75) is 56.8 Å². The van der Waals surface area contributed by atoms with Gasteiger partial charge in [0, 0.05) is 31.7 Å². The van der Waals surface area contributed by atoms with Crippen LogP contribution in [0, 0.1) is 0 Å². The minimum Gasteiger partial charge on any atom is -0.475 e. The fourth-order valence-corrected chi connectivity index (χ4v) is 3.68. The quantitative estimate of drug-likeness (QED) is 0.692. The first-order valence-electron chi connectivity index (χ1n) is 9.80. The zero-order valence-corrected chi connectivity index (χ0v) is 16.4. The highest BCUT2D eigenvalue weighted by Gasteiger charge is 2.38. The summed E-state index contributed by atoms with van der Waals surface area (Å²) in [6, 6.07) is 11.6. The Labute approximate surface area is 168 Å². The van der Waals surface area contributed by atoms with Gasteiger partial charge in [0.1, 0.15) is 0 Å². The van der Waals surface area contributed by atoms with Crippen LogP contribution < -0.4 is 10.6 Å². The van der Waals surface area contributed by atoms with E-state index in [1.54, 1.807) is 0 Å². The average molecular weight is 415 g/mol. The monoisotopic (exact) mass is 415 g/mol. The van der Waals surface area contributed by atoms with Crippen molar-refractivity contribution in [1.82, 2.24) is 15.5 Å². The number of rotatable bonds is 2. The van der Waals surface area contributed by atoms with Crippen molar-refractivity contribution in [2.75, 3.05) is 19.6 Å². The first-order valence-corrected chi connectivity index (χ1v) is 9.80. The molecule has 3 rings (SSSR count). The third-order valence-electron chi connectivity index (χ3n) is 5.22. The standard InChI is InChI=1S/C18H27N3O.C2HF3O2/c1-14-13-21(12-11-19-14)18(22)20-17-9-7-16(8-10-17)15-5-3-2-4-6-15;3-2(4,5)1(6)7/h2-6,14,16-17,19H,7-13H2,1H3,(H,20,22);(H,6,7)/t14-,16?,17?;/m1./s1. The number of carboxylic acid groups (broad SMARTS) is 1. The number of nitrogens with zero attached hydrogens (tertiary/aromatic N) is 1. The number of hydrogen-bond acceptors (Lipinski definition) is 3. The molecule has 29 heavy (non-hydrogen) atoms. The van der Waals surface area contributed by atoms with E-state index in [0.29, 0.717) is 18.0 Å². The van der Waals surface area contributed by atoms with Gasteiger partial charge < -0.3 is 20.6 Å². The lowest BCUT2D eigenvalue weighted by Crippen LogP contribution is -2.55. The molecule has 0 unspecified atom stereocenters. The van der Waals surface area contributed by atoms with E-state index < -0.39 is 12.1 Å². The molecule has 1 aromatic rings. The molecule has 1 aliphatic heterocycles. The first-order chi connectivity index (χ1) is 13.7. The molecule has 1 atom stereocenters. The highest BCUT2D eigenvalue weighted by molar-refractivity contribution is 5.74. The molecule has 2 fully saturated rings. The Balaban J connectivity index is 0.000000370. The van der Waals surface area contributed by atoms with E-state index >= 15 is 0 Å². The molecule has 0 bridgehead atoms. The van der Waals surface area contributed by atoms with Crippen molar-refractivity contribution >= 4 is 12.0 Å². The van der Waals surface area contributed by atoms with Crippen LogP contribution in [0.25, 0.3) is 0 Å². The molecular formula is C20H28F3N3O3. The van der Waals surface area contributed by atoms with Crippen molar-refractivity contribution in [3.63, 3.8) is 0 Å². The van der Waals surface area contributed by atoms with Crippen molar-refractivity contribution < 1.29 is 27.9 Å². The maximum Gasteiger partial charge on any atom is 0.490 e. The normalized spacial score (nSPS) is 24.8. The number of nitrogens with one attached hydrogen (secondary N) is 2. The second-order valence-electron chi connectivity index (χ2n) is 7.51. The van der Waals surface area contributed by atoms with E-state index in [9.17, 15) is 18.0 Å². The number of halogens is 3. The molecule has 1 aliphatic carbocycles. The molecule has 1 saturated heterocycles. The van der Waals surface area contributed by atoms with Crippen LogP contribution in [0.4, 0.5) is 18.0 Å². The van der Waals surface area contributed by atoms with Crippen LogP contribution in [0.3, 0.4) is 0 Å². The van der Waals surface area contributed by atoms with Gasteiger partial charge in [0.2, 0.25) is 0 Å². The predicted molar refractivity (Wildman–Crippen MR) is 103 cm³/mol. The molecule has 1 aromatic carbocycles. The number of carbonyl (C=O) groups excluding carboxylic acids is 1. The summed E-state index contributed by atoms with van der Waals surface area (Å²) in [5.41, 5.74) is 1.45. The zero-order valence-electron chi connectivity index (χ0n) is 16.4. The number of hydrogen-bond donors (Lipinski definition) is 3. The van der Waals surface area contributed by atoms with Crippen molar-refractivity contribution in [3.05, 3.63) is 35.9 Å². The van der Waals surface area contributed by atoms with Gasteiger partial charge in [-0.05, 0) is 44.1 Å². The largest absolute Gasteiger partial charge is 0.490 e. The van der Waals surface area contributed by atoms with E-state index in [1.807, 2.05) is 4.90 Å². The van der Waals surface area contributed by atoms with Gasteiger partial charge in [0.05, 0.1) is 0 Å². The maximum atomic E-state index is 12.4. The third kappa shape index (κ3) is 7.56. The first kappa shape index (κ1) is 23.0. The predicted octanol–water partition coefficient (Wildman–Crippen LogP) is 3.35. The third-order valence-corrected chi connectivity index (χ3v) is 5.22. The number of carboxylic acids is 1. The number of alkyl halides is 3. The molecule has 2 amide bonds. The summed E-state index contributed by atoms with van der Waals surface area (Å²) in [6.07, 6.45) is -0.556. The van der Waals surface area contributed by atoms with Gasteiger partial charge in [-0.3, -0.25) is 0 Å². The fourth-order valence-electron chi connectivity index (χ4n) is 3.68. The molecule has 0 radical (unpaired) electrons. The molecule has 3 N–H and O–H groups in total. The van der Waals surface area contributed by atoms with Crippen LogP contribution in [0.15, 0.2) is 30.3 Å². The van der Waals surface area contributed by atoms with Gasteiger partial charge in [0.15, 0.2) is 0 Å². The topological polar surface area (TPSA) is 81.7 Å². The van der Waals surface area contributed by atoms with Gasteiger partial charge in [-0.1, -0.05) is 30.3 Å². The van der Waals surface area contributed by atoms with Gasteiger partial charge >= 0.3 is 18.2 Å². The Hall–Kier alpha value is -2.29. The summed E-state index contributed by atoms with van der Waals surface area (Å²) in [5.74, 6) is -2.10. The maximum absolute atomic E-state index is 12.4. The number of piperazine rings is 1. The van der Waals surface area contributed by atoms with Gasteiger partial charge in [-0.25, -0.2) is 9.59 Å². The Kier molecular flexibility index (Phi) is 8.31. The number of amides is 2. The number of benzene rings is 1. The Bertz CT molecular complexity index is 662. The van der Waals surface area contributed by atoms with E-state index in [4.69, 9.17) is 9.90 Å². The van der Waals surface area contributed by atoms with E-state index in [-0.39, 0.29) is 6.03 Å². The minimum atomic E-state index is -5.08. The van der Waals surface area contributed by atoms with Crippen LogP contribution in [0.2, 0.25) is 0 Å². The van der Waals surface area contributed by atoms with Crippen molar-refractivity contribution in [1.29, 1.82) is 0 Å². The summed E-state index contributed by atoms with van der Waals surface area (Å²) < 4.78 is 31.7. The SMILES string of the molecule is C[C@@H]1CN(C(=O)NC2CCC(c3ccccc3)CC2)CCN1.O=C(O)C(F)(F)F. The highest BCUT2D eigenvalue weighted by atomic mass is 19.4. The van der Waals surface area contributed by atoms with Gasteiger partial charge in [0.25, 0.3) is 0 Å². The molecule has 6 nitrogen and oxygen atoms in total. The van der Waals surface area contributed by atoms with Crippen molar-refractivity contribution in [3.8, 4) is 0 Å². The summed E-state index contributed by atoms with van der Waals surface area (Å²) in [7, 11) is 0.